The number of nitrogens with zero attached hydrogens (tertiary/aromatic N) is 2. The van der Waals surface area contributed by atoms with Gasteiger partial charge in [-0.05, 0) is 35.4 Å². The molecule has 0 saturated carbocycles. The molecule has 0 saturated heterocycles. The van der Waals surface area contributed by atoms with Gasteiger partial charge in [0.05, 0.1) is 12.1 Å². The van der Waals surface area contributed by atoms with Gasteiger partial charge in [-0.1, -0.05) is 18.2 Å². The van der Waals surface area contributed by atoms with E-state index in [1.54, 1.807) is 7.11 Å². The van der Waals surface area contributed by atoms with Gasteiger partial charge in [-0.3, -0.25) is 4.98 Å². The van der Waals surface area contributed by atoms with Crippen molar-refractivity contribution in [3.63, 3.8) is 0 Å². The third-order valence-electron chi connectivity index (χ3n) is 4.08. The number of H-pyrrole nitrogens is 1. The summed E-state index contributed by atoms with van der Waals surface area (Å²) in [5.41, 5.74) is 4.15. The highest BCUT2D eigenvalue weighted by molar-refractivity contribution is 6.03. The number of pyridine rings is 2. The zero-order valence-corrected chi connectivity index (χ0v) is 13.4. The van der Waals surface area contributed by atoms with Crippen LogP contribution in [0.25, 0.3) is 33.1 Å². The number of aromatic nitrogens is 3. The summed E-state index contributed by atoms with van der Waals surface area (Å²) in [4.78, 5) is 12.3. The van der Waals surface area contributed by atoms with E-state index >= 15 is 0 Å². The predicted octanol–water partition coefficient (Wildman–Crippen LogP) is 3.84. The van der Waals surface area contributed by atoms with Crippen molar-refractivity contribution in [1.29, 1.82) is 0 Å². The largest absolute Gasteiger partial charge is 0.383 e. The van der Waals surface area contributed by atoms with E-state index in [4.69, 9.17) is 4.74 Å². The Morgan fingerprint density at radius 3 is 2.92 bits per heavy atom. The van der Waals surface area contributed by atoms with Crippen molar-refractivity contribution in [2.75, 3.05) is 25.6 Å². The van der Waals surface area contributed by atoms with Crippen LogP contribution in [0.1, 0.15) is 0 Å². The van der Waals surface area contributed by atoms with Gasteiger partial charge in [0.25, 0.3) is 0 Å². The monoisotopic (exact) mass is 318 g/mol. The Morgan fingerprint density at radius 2 is 2.00 bits per heavy atom. The average molecular weight is 318 g/mol. The number of rotatable bonds is 5. The smallest absolute Gasteiger partial charge is 0.140 e. The van der Waals surface area contributed by atoms with Crippen molar-refractivity contribution >= 4 is 27.8 Å². The minimum atomic E-state index is 0.637. The van der Waals surface area contributed by atoms with Crippen molar-refractivity contribution in [3.8, 4) is 11.1 Å². The fraction of sp³-hybridized carbons (Fsp3) is 0.158. The van der Waals surface area contributed by atoms with Gasteiger partial charge in [-0.2, -0.15) is 0 Å². The molecule has 0 fully saturated rings. The summed E-state index contributed by atoms with van der Waals surface area (Å²) in [5, 5.41) is 5.55. The van der Waals surface area contributed by atoms with Gasteiger partial charge >= 0.3 is 0 Å². The van der Waals surface area contributed by atoms with Gasteiger partial charge in [-0.25, -0.2) is 4.98 Å². The molecule has 0 unspecified atom stereocenters. The minimum Gasteiger partial charge on any atom is -0.383 e. The number of hydrogen-bond acceptors (Lipinski definition) is 4. The van der Waals surface area contributed by atoms with Gasteiger partial charge in [0.2, 0.25) is 0 Å². The number of anilines is 1. The van der Waals surface area contributed by atoms with Crippen LogP contribution in [0, 0.1) is 0 Å². The Balaban J connectivity index is 1.89. The summed E-state index contributed by atoms with van der Waals surface area (Å²) in [7, 11) is 1.69. The molecule has 0 amide bonds. The number of ether oxygens (including phenoxy) is 1. The zero-order valence-electron chi connectivity index (χ0n) is 13.4. The molecule has 3 aromatic heterocycles. The van der Waals surface area contributed by atoms with Crippen molar-refractivity contribution in [2.45, 2.75) is 0 Å². The summed E-state index contributed by atoms with van der Waals surface area (Å²) in [6.07, 6.45) is 3.78. The van der Waals surface area contributed by atoms with E-state index in [1.807, 2.05) is 30.6 Å². The fourth-order valence-corrected chi connectivity index (χ4v) is 2.96. The lowest BCUT2D eigenvalue weighted by atomic mass is 9.99. The first-order valence-corrected chi connectivity index (χ1v) is 7.92. The molecule has 24 heavy (non-hydrogen) atoms. The molecule has 3 heterocycles. The number of fused-ring (bicyclic) bond motifs is 2. The molecule has 4 rings (SSSR count). The third kappa shape index (κ3) is 2.59. The van der Waals surface area contributed by atoms with Crippen LogP contribution in [0.3, 0.4) is 0 Å². The van der Waals surface area contributed by atoms with E-state index in [-0.39, 0.29) is 0 Å². The summed E-state index contributed by atoms with van der Waals surface area (Å²) < 4.78 is 5.10. The Morgan fingerprint density at radius 1 is 1.08 bits per heavy atom. The molecule has 0 spiro atoms. The predicted molar refractivity (Wildman–Crippen MR) is 97.2 cm³/mol. The first-order chi connectivity index (χ1) is 11.9. The topological polar surface area (TPSA) is 62.8 Å². The molecule has 0 radical (unpaired) electrons. The van der Waals surface area contributed by atoms with Crippen LogP contribution in [0.4, 0.5) is 5.82 Å². The Bertz CT molecular complexity index is 988. The van der Waals surface area contributed by atoms with Crippen LogP contribution in [-0.2, 0) is 4.74 Å². The second-order valence-corrected chi connectivity index (χ2v) is 5.59. The van der Waals surface area contributed by atoms with E-state index in [9.17, 15) is 0 Å². The Hall–Kier alpha value is -2.92. The number of aromatic amines is 1. The van der Waals surface area contributed by atoms with Crippen molar-refractivity contribution < 1.29 is 4.74 Å². The molecule has 0 atom stereocenters. The maximum Gasteiger partial charge on any atom is 0.140 e. The lowest BCUT2D eigenvalue weighted by molar-refractivity contribution is 0.210. The number of benzene rings is 1. The van der Waals surface area contributed by atoms with Crippen LogP contribution in [0.2, 0.25) is 0 Å². The van der Waals surface area contributed by atoms with Crippen molar-refractivity contribution in [1.82, 2.24) is 15.0 Å². The van der Waals surface area contributed by atoms with Crippen LogP contribution < -0.4 is 5.32 Å². The second-order valence-electron chi connectivity index (χ2n) is 5.59. The maximum atomic E-state index is 5.10. The molecule has 0 aliphatic carbocycles. The molecule has 5 heteroatoms. The Labute approximate surface area is 139 Å². The summed E-state index contributed by atoms with van der Waals surface area (Å²) >= 11 is 0. The van der Waals surface area contributed by atoms with Crippen LogP contribution in [0.15, 0.2) is 54.9 Å². The van der Waals surface area contributed by atoms with Gasteiger partial charge in [0, 0.05) is 36.8 Å². The minimum absolute atomic E-state index is 0.637. The second kappa shape index (κ2) is 6.29. The molecule has 1 aromatic carbocycles. The molecule has 0 aliphatic heterocycles. The Kier molecular flexibility index (Phi) is 3.84. The molecule has 5 nitrogen and oxygen atoms in total. The van der Waals surface area contributed by atoms with Gasteiger partial charge in [0.1, 0.15) is 11.5 Å². The summed E-state index contributed by atoms with van der Waals surface area (Å²) in [5.74, 6) is 0.831. The first-order valence-electron chi connectivity index (χ1n) is 7.92. The summed E-state index contributed by atoms with van der Waals surface area (Å²) in [6.45, 7) is 1.35. The van der Waals surface area contributed by atoms with E-state index < -0.39 is 0 Å². The SMILES string of the molecule is COCCNc1cc(-c2ccnc3ccccc23)c2cc[nH]c2n1. The highest BCUT2D eigenvalue weighted by atomic mass is 16.5. The van der Waals surface area contributed by atoms with Gasteiger partial charge < -0.3 is 15.0 Å². The molecular weight excluding hydrogens is 300 g/mol. The molecule has 0 aliphatic rings. The fourth-order valence-electron chi connectivity index (χ4n) is 2.96. The molecule has 120 valence electrons. The molecule has 0 bridgehead atoms. The van der Waals surface area contributed by atoms with Gasteiger partial charge in [-0.15, -0.1) is 0 Å². The molecular formula is C19H18N4O. The quantitative estimate of drug-likeness (QED) is 0.549. The van der Waals surface area contributed by atoms with E-state index in [1.165, 1.54) is 0 Å². The van der Waals surface area contributed by atoms with E-state index in [0.717, 1.165) is 38.9 Å². The standard InChI is InChI=1S/C19H18N4O/c1-24-11-10-21-18-12-16(15-7-9-22-19(15)23-18)13-6-8-20-17-5-3-2-4-14(13)17/h2-9,12H,10-11H2,1H3,(H2,21,22,23). The number of para-hydroxylation sites is 1. The first kappa shape index (κ1) is 14.7. The average Bonchev–Trinajstić information content (AvgIpc) is 3.09. The highest BCUT2D eigenvalue weighted by Crippen LogP contribution is 2.33. The lowest BCUT2D eigenvalue weighted by Crippen LogP contribution is -2.09. The van der Waals surface area contributed by atoms with E-state index in [2.05, 4.69) is 44.5 Å². The molecule has 4 aromatic rings. The number of methoxy groups -OCH3 is 1. The lowest BCUT2D eigenvalue weighted by Gasteiger charge is -2.11. The van der Waals surface area contributed by atoms with Crippen LogP contribution in [-0.4, -0.2) is 35.2 Å². The van der Waals surface area contributed by atoms with E-state index in [0.29, 0.717) is 13.2 Å². The normalized spacial score (nSPS) is 11.2. The molecule has 2 N–H and O–H groups in total. The number of nitrogens with one attached hydrogen (secondary N) is 2. The third-order valence-corrected chi connectivity index (χ3v) is 4.08. The zero-order chi connectivity index (χ0) is 16.4. The number of hydrogen-bond donors (Lipinski definition) is 2. The highest BCUT2D eigenvalue weighted by Gasteiger charge is 2.11. The van der Waals surface area contributed by atoms with Crippen molar-refractivity contribution in [3.05, 3.63) is 54.9 Å². The maximum absolute atomic E-state index is 5.10. The van der Waals surface area contributed by atoms with Gasteiger partial charge in [0.15, 0.2) is 0 Å². The van der Waals surface area contributed by atoms with Crippen molar-refractivity contribution in [2.24, 2.45) is 0 Å². The van der Waals surface area contributed by atoms with Crippen LogP contribution >= 0.6 is 0 Å². The summed E-state index contributed by atoms with van der Waals surface area (Å²) in [6, 6.07) is 14.4. The van der Waals surface area contributed by atoms with Crippen LogP contribution in [0.5, 0.6) is 0 Å².